The van der Waals surface area contributed by atoms with Crippen LogP contribution in [0.25, 0.3) is 54.7 Å². The van der Waals surface area contributed by atoms with Crippen molar-refractivity contribution in [2.75, 3.05) is 0 Å². The summed E-state index contributed by atoms with van der Waals surface area (Å²) in [6, 6.07) is 52.5. The minimum absolute atomic E-state index is 0.0175. The van der Waals surface area contributed by atoms with E-state index in [0.717, 1.165) is 5.69 Å². The molecule has 0 amide bonds. The van der Waals surface area contributed by atoms with E-state index in [1.165, 1.54) is 65.7 Å². The monoisotopic (exact) mass is 593 g/mol. The van der Waals surface area contributed by atoms with Gasteiger partial charge in [0.05, 0.1) is 40.6 Å². The largest absolute Gasteiger partial charge is 0.315 e. The van der Waals surface area contributed by atoms with E-state index < -0.39 is 0 Å². The molecule has 1 aliphatic heterocycles. The van der Waals surface area contributed by atoms with E-state index in [9.17, 15) is 0 Å². The van der Waals surface area contributed by atoms with Gasteiger partial charge in [0.2, 0.25) is 0 Å². The molecular weight excluding hydrogens is 562 g/mol. The Hall–Kier alpha value is -5.46. The van der Waals surface area contributed by atoms with Crippen LogP contribution in [0.1, 0.15) is 35.2 Å². The third-order valence-electron chi connectivity index (χ3n) is 9.78. The Bertz CT molecular complexity index is 2480. The highest BCUT2D eigenvalue weighted by atomic mass is 15.4. The van der Waals surface area contributed by atoms with Crippen LogP contribution in [-0.2, 0) is 0 Å². The van der Waals surface area contributed by atoms with Crippen molar-refractivity contribution in [1.29, 1.82) is 0 Å². The molecule has 0 aliphatic carbocycles. The Morgan fingerprint density at radius 2 is 1.00 bits per heavy atom. The number of para-hydroxylation sites is 2. The lowest BCUT2D eigenvalue weighted by molar-refractivity contribution is 0.203. The summed E-state index contributed by atoms with van der Waals surface area (Å²) in [4.78, 5) is 0. The molecule has 3 N–H and O–H groups in total. The molecule has 2 atom stereocenters. The highest BCUT2D eigenvalue weighted by molar-refractivity contribution is 6.28. The molecule has 3 aromatic heterocycles. The summed E-state index contributed by atoms with van der Waals surface area (Å²) in [5.74, 6) is 0. The maximum Gasteiger partial charge on any atom is 0.0865 e. The van der Waals surface area contributed by atoms with E-state index in [2.05, 4.69) is 177 Å². The van der Waals surface area contributed by atoms with Crippen molar-refractivity contribution >= 4 is 49.0 Å². The highest BCUT2D eigenvalue weighted by Gasteiger charge is 2.30. The maximum atomic E-state index is 3.86. The standard InChI is InChI=1S/C41H31N5/c1-3-12-26(13-4-1)39-42-40(27-14-5-2-6-15-27)44-41(43-39)28-16-11-17-29(24-28)46-35-21-10-8-19-31(35)37-32-22-23-45-34-20-9-7-18-30(34)33(38(32)45)25-36(37)46/h1-25,39-44H. The van der Waals surface area contributed by atoms with Gasteiger partial charge in [-0.2, -0.15) is 0 Å². The van der Waals surface area contributed by atoms with Gasteiger partial charge in [-0.05, 0) is 53.1 Å². The molecule has 2 unspecified atom stereocenters. The van der Waals surface area contributed by atoms with Crippen LogP contribution in [0.5, 0.6) is 0 Å². The zero-order chi connectivity index (χ0) is 30.2. The summed E-state index contributed by atoms with van der Waals surface area (Å²) in [5.41, 5.74) is 9.75. The van der Waals surface area contributed by atoms with E-state index in [0.29, 0.717) is 0 Å². The fourth-order valence-electron chi connectivity index (χ4n) is 7.75. The Morgan fingerprint density at radius 3 is 1.72 bits per heavy atom. The molecule has 0 spiro atoms. The molecule has 6 aromatic carbocycles. The van der Waals surface area contributed by atoms with Gasteiger partial charge < -0.3 is 8.97 Å². The van der Waals surface area contributed by atoms with Gasteiger partial charge in [0, 0.05) is 38.8 Å². The lowest BCUT2D eigenvalue weighted by atomic mass is 10.0. The number of aromatic nitrogens is 2. The van der Waals surface area contributed by atoms with Crippen LogP contribution in [-0.4, -0.2) is 8.97 Å². The average molecular weight is 594 g/mol. The fraction of sp³-hybridized carbons (Fsp3) is 0.0732. The zero-order valence-corrected chi connectivity index (χ0v) is 25.1. The molecular formula is C41H31N5. The molecule has 1 saturated heterocycles. The first-order chi connectivity index (χ1) is 22.8. The third-order valence-corrected chi connectivity index (χ3v) is 9.78. The van der Waals surface area contributed by atoms with Crippen molar-refractivity contribution in [2.45, 2.75) is 18.5 Å². The van der Waals surface area contributed by atoms with Crippen LogP contribution in [0.3, 0.4) is 0 Å². The van der Waals surface area contributed by atoms with Gasteiger partial charge in [-0.15, -0.1) is 0 Å². The van der Waals surface area contributed by atoms with Crippen LogP contribution in [0.15, 0.2) is 152 Å². The Balaban J connectivity index is 1.16. The molecule has 0 radical (unpaired) electrons. The van der Waals surface area contributed by atoms with E-state index in [4.69, 9.17) is 0 Å². The van der Waals surface area contributed by atoms with Gasteiger partial charge in [0.15, 0.2) is 0 Å². The van der Waals surface area contributed by atoms with Gasteiger partial charge in [-0.3, -0.25) is 16.0 Å². The van der Waals surface area contributed by atoms with Crippen LogP contribution in [0.4, 0.5) is 0 Å². The average Bonchev–Trinajstić information content (AvgIpc) is 3.81. The van der Waals surface area contributed by atoms with E-state index in [-0.39, 0.29) is 18.5 Å². The molecule has 1 aliphatic rings. The summed E-state index contributed by atoms with van der Waals surface area (Å²) >= 11 is 0. The molecule has 5 nitrogen and oxygen atoms in total. The number of rotatable bonds is 4. The lowest BCUT2D eigenvalue weighted by Crippen LogP contribution is -2.54. The highest BCUT2D eigenvalue weighted by Crippen LogP contribution is 2.43. The third kappa shape index (κ3) is 3.80. The van der Waals surface area contributed by atoms with Crippen molar-refractivity contribution in [2.24, 2.45) is 0 Å². The Kier molecular flexibility index (Phi) is 5.63. The number of benzene rings is 6. The topological polar surface area (TPSA) is 45.4 Å². The van der Waals surface area contributed by atoms with Crippen LogP contribution in [0, 0.1) is 0 Å². The number of nitrogens with zero attached hydrogens (tertiary/aromatic N) is 2. The predicted octanol–water partition coefficient (Wildman–Crippen LogP) is 8.96. The Labute approximate surface area is 266 Å². The summed E-state index contributed by atoms with van der Waals surface area (Å²) in [7, 11) is 0. The molecule has 0 bridgehead atoms. The fourth-order valence-corrected chi connectivity index (χ4v) is 7.75. The second-order valence-corrected chi connectivity index (χ2v) is 12.4. The van der Waals surface area contributed by atoms with Gasteiger partial charge >= 0.3 is 0 Å². The number of hydrogen-bond acceptors (Lipinski definition) is 3. The van der Waals surface area contributed by atoms with Crippen molar-refractivity contribution < 1.29 is 0 Å². The molecule has 220 valence electrons. The van der Waals surface area contributed by atoms with Gasteiger partial charge in [0.1, 0.15) is 0 Å². The number of hydrogen-bond donors (Lipinski definition) is 3. The van der Waals surface area contributed by atoms with E-state index in [1.807, 2.05) is 0 Å². The molecule has 4 heterocycles. The van der Waals surface area contributed by atoms with Crippen LogP contribution >= 0.6 is 0 Å². The van der Waals surface area contributed by atoms with Gasteiger partial charge in [-0.1, -0.05) is 109 Å². The Morgan fingerprint density at radius 1 is 0.413 bits per heavy atom. The first-order valence-electron chi connectivity index (χ1n) is 16.0. The summed E-state index contributed by atoms with van der Waals surface area (Å²) in [6.45, 7) is 0. The summed E-state index contributed by atoms with van der Waals surface area (Å²) in [5, 5.41) is 18.0. The molecule has 5 heteroatoms. The van der Waals surface area contributed by atoms with E-state index in [1.54, 1.807) is 0 Å². The van der Waals surface area contributed by atoms with Crippen molar-refractivity contribution in [3.8, 4) is 5.69 Å². The molecule has 46 heavy (non-hydrogen) atoms. The molecule has 0 saturated carbocycles. The smallest absolute Gasteiger partial charge is 0.0865 e. The minimum Gasteiger partial charge on any atom is -0.315 e. The van der Waals surface area contributed by atoms with Gasteiger partial charge in [0.25, 0.3) is 0 Å². The van der Waals surface area contributed by atoms with E-state index >= 15 is 0 Å². The molecule has 9 aromatic rings. The SMILES string of the molecule is c1ccc(C2NC(c3ccccc3)NC(c3cccc(-n4c5ccccc5c5c6ccn7c8ccccc8c(cc54)c67)c3)N2)cc1. The summed E-state index contributed by atoms with van der Waals surface area (Å²) in [6.07, 6.45) is 2.12. The predicted molar refractivity (Wildman–Crippen MR) is 188 cm³/mol. The number of fused-ring (bicyclic) bond motifs is 7. The second kappa shape index (κ2) is 10.0. The minimum atomic E-state index is -0.0741. The number of nitrogens with one attached hydrogen (secondary N) is 3. The van der Waals surface area contributed by atoms with Crippen molar-refractivity contribution in [3.63, 3.8) is 0 Å². The quantitative estimate of drug-likeness (QED) is 0.191. The first-order valence-corrected chi connectivity index (χ1v) is 16.0. The molecule has 10 rings (SSSR count). The lowest BCUT2D eigenvalue weighted by Gasteiger charge is -2.39. The normalized spacial score (nSPS) is 18.8. The van der Waals surface area contributed by atoms with Crippen molar-refractivity contribution in [1.82, 2.24) is 24.9 Å². The maximum absolute atomic E-state index is 3.86. The van der Waals surface area contributed by atoms with Crippen LogP contribution < -0.4 is 16.0 Å². The second-order valence-electron chi connectivity index (χ2n) is 12.4. The van der Waals surface area contributed by atoms with Crippen molar-refractivity contribution in [3.05, 3.63) is 168 Å². The summed E-state index contributed by atoms with van der Waals surface area (Å²) < 4.78 is 4.81. The van der Waals surface area contributed by atoms with Crippen LogP contribution in [0.2, 0.25) is 0 Å². The molecule has 1 fully saturated rings. The zero-order valence-electron chi connectivity index (χ0n) is 25.1. The first kappa shape index (κ1) is 25.8. The van der Waals surface area contributed by atoms with Gasteiger partial charge in [-0.25, -0.2) is 0 Å².